The van der Waals surface area contributed by atoms with Gasteiger partial charge in [-0.15, -0.1) is 0 Å². The predicted molar refractivity (Wildman–Crippen MR) is 130 cm³/mol. The van der Waals surface area contributed by atoms with Crippen molar-refractivity contribution in [2.75, 3.05) is 0 Å². The van der Waals surface area contributed by atoms with Crippen LogP contribution in [0.2, 0.25) is 5.02 Å². The number of fused-ring (bicyclic) bond motifs is 1. The Balaban J connectivity index is 1.62. The Kier molecular flexibility index (Phi) is 5.81. The standard InChI is InChI=1S/C26H18ClFN2O3S/c27-20-13-24-25(16-30(26(24)29-15-20)34(31,32)23-9-5-2-6-10-23)19-11-21(28)14-22(12-19)33-17-18-7-3-1-4-8-18/h1-16H,17H2. The van der Waals surface area contributed by atoms with Gasteiger partial charge in [-0.3, -0.25) is 0 Å². The van der Waals surface area contributed by atoms with Gasteiger partial charge in [-0.1, -0.05) is 60.1 Å². The molecule has 34 heavy (non-hydrogen) atoms. The Morgan fingerprint density at radius 3 is 2.38 bits per heavy atom. The van der Waals surface area contributed by atoms with E-state index in [1.165, 1.54) is 36.7 Å². The summed E-state index contributed by atoms with van der Waals surface area (Å²) in [6.45, 7) is 0.265. The van der Waals surface area contributed by atoms with E-state index >= 15 is 0 Å². The first-order chi connectivity index (χ1) is 16.4. The van der Waals surface area contributed by atoms with Crippen LogP contribution in [0, 0.1) is 5.82 Å². The molecule has 0 amide bonds. The second-order valence-electron chi connectivity index (χ2n) is 7.63. The molecule has 3 aromatic carbocycles. The van der Waals surface area contributed by atoms with Crippen LogP contribution < -0.4 is 4.74 Å². The molecule has 0 atom stereocenters. The second kappa shape index (κ2) is 8.93. The third-order valence-corrected chi connectivity index (χ3v) is 7.18. The summed E-state index contributed by atoms with van der Waals surface area (Å²) in [5.41, 5.74) is 2.04. The topological polar surface area (TPSA) is 61.2 Å². The summed E-state index contributed by atoms with van der Waals surface area (Å²) >= 11 is 6.18. The molecule has 0 saturated carbocycles. The summed E-state index contributed by atoms with van der Waals surface area (Å²) in [5, 5.41) is 0.812. The van der Waals surface area contributed by atoms with Gasteiger partial charge in [0, 0.05) is 29.4 Å². The van der Waals surface area contributed by atoms with Gasteiger partial charge in [0.2, 0.25) is 0 Å². The molecule has 0 aliphatic carbocycles. The highest BCUT2D eigenvalue weighted by atomic mass is 35.5. The number of rotatable bonds is 6. The minimum absolute atomic E-state index is 0.112. The fraction of sp³-hybridized carbons (Fsp3) is 0.0385. The van der Waals surface area contributed by atoms with E-state index in [9.17, 15) is 12.8 Å². The largest absolute Gasteiger partial charge is 0.489 e. The Morgan fingerprint density at radius 1 is 0.941 bits per heavy atom. The van der Waals surface area contributed by atoms with Crippen molar-refractivity contribution in [3.63, 3.8) is 0 Å². The average Bonchev–Trinajstić information content (AvgIpc) is 3.23. The van der Waals surface area contributed by atoms with Crippen molar-refractivity contribution in [1.29, 1.82) is 0 Å². The molecule has 0 aliphatic rings. The lowest BCUT2D eigenvalue weighted by Crippen LogP contribution is -2.12. The number of nitrogens with zero attached hydrogens (tertiary/aromatic N) is 2. The number of halogens is 2. The lowest BCUT2D eigenvalue weighted by Gasteiger charge is -2.09. The fourth-order valence-corrected chi connectivity index (χ4v) is 5.22. The Bertz CT molecular complexity index is 1590. The molecule has 0 bridgehead atoms. The normalized spacial score (nSPS) is 11.6. The van der Waals surface area contributed by atoms with E-state index in [-0.39, 0.29) is 17.1 Å². The van der Waals surface area contributed by atoms with Gasteiger partial charge in [0.15, 0.2) is 5.65 Å². The number of hydrogen-bond donors (Lipinski definition) is 0. The molecule has 0 aliphatic heterocycles. The van der Waals surface area contributed by atoms with Crippen LogP contribution in [0.5, 0.6) is 5.75 Å². The Hall–Kier alpha value is -3.68. The van der Waals surface area contributed by atoms with Gasteiger partial charge < -0.3 is 4.74 Å². The van der Waals surface area contributed by atoms with Crippen molar-refractivity contribution in [3.05, 3.63) is 114 Å². The zero-order chi connectivity index (χ0) is 23.7. The summed E-state index contributed by atoms with van der Waals surface area (Å²) in [4.78, 5) is 4.38. The smallest absolute Gasteiger partial charge is 0.269 e. The highest BCUT2D eigenvalue weighted by Crippen LogP contribution is 2.35. The predicted octanol–water partition coefficient (Wildman–Crippen LogP) is 6.31. The molecule has 2 aromatic heterocycles. The van der Waals surface area contributed by atoms with Gasteiger partial charge in [-0.2, -0.15) is 0 Å². The quantitative estimate of drug-likeness (QED) is 0.278. The summed E-state index contributed by atoms with van der Waals surface area (Å²) in [6, 6.07) is 23.5. The van der Waals surface area contributed by atoms with Crippen molar-refractivity contribution in [1.82, 2.24) is 8.96 Å². The van der Waals surface area contributed by atoms with Crippen LogP contribution in [-0.2, 0) is 16.6 Å². The van der Waals surface area contributed by atoms with Crippen molar-refractivity contribution < 1.29 is 17.5 Å². The van der Waals surface area contributed by atoms with E-state index in [1.807, 2.05) is 30.3 Å². The second-order valence-corrected chi connectivity index (χ2v) is 9.88. The minimum Gasteiger partial charge on any atom is -0.489 e. The van der Waals surface area contributed by atoms with Crippen LogP contribution in [0.15, 0.2) is 102 Å². The summed E-state index contributed by atoms with van der Waals surface area (Å²) in [5.74, 6) is -0.192. The summed E-state index contributed by atoms with van der Waals surface area (Å²) in [7, 11) is -3.95. The van der Waals surface area contributed by atoms with E-state index in [0.29, 0.717) is 27.3 Å². The fourth-order valence-electron chi connectivity index (χ4n) is 3.72. The maximum absolute atomic E-state index is 14.6. The molecule has 5 rings (SSSR count). The molecule has 8 heteroatoms. The lowest BCUT2D eigenvalue weighted by atomic mass is 10.1. The number of hydrogen-bond acceptors (Lipinski definition) is 4. The number of pyridine rings is 1. The maximum Gasteiger partial charge on any atom is 0.269 e. The van der Waals surface area contributed by atoms with E-state index in [4.69, 9.17) is 16.3 Å². The molecule has 170 valence electrons. The number of benzene rings is 3. The van der Waals surface area contributed by atoms with Gasteiger partial charge in [0.1, 0.15) is 18.2 Å². The molecule has 2 heterocycles. The molecule has 0 radical (unpaired) electrons. The van der Waals surface area contributed by atoms with Crippen LogP contribution >= 0.6 is 11.6 Å². The molecular formula is C26H18ClFN2O3S. The maximum atomic E-state index is 14.6. The highest BCUT2D eigenvalue weighted by Gasteiger charge is 2.23. The third-order valence-electron chi connectivity index (χ3n) is 5.31. The number of ether oxygens (including phenoxy) is 1. The van der Waals surface area contributed by atoms with Crippen LogP contribution in [0.1, 0.15) is 5.56 Å². The van der Waals surface area contributed by atoms with Gasteiger partial charge >= 0.3 is 0 Å². The van der Waals surface area contributed by atoms with E-state index in [1.54, 1.807) is 30.3 Å². The Labute approximate surface area is 201 Å². The van der Waals surface area contributed by atoms with Gasteiger partial charge in [-0.25, -0.2) is 21.8 Å². The van der Waals surface area contributed by atoms with Crippen molar-refractivity contribution in [3.8, 4) is 16.9 Å². The van der Waals surface area contributed by atoms with E-state index in [2.05, 4.69) is 4.98 Å². The summed E-state index contributed by atoms with van der Waals surface area (Å²) in [6.07, 6.45) is 2.82. The minimum atomic E-state index is -3.95. The van der Waals surface area contributed by atoms with Crippen LogP contribution in [0.25, 0.3) is 22.2 Å². The summed E-state index contributed by atoms with van der Waals surface area (Å²) < 4.78 is 48.2. The molecule has 0 spiro atoms. The first-order valence-electron chi connectivity index (χ1n) is 10.4. The molecule has 5 nitrogen and oxygen atoms in total. The first-order valence-corrected chi connectivity index (χ1v) is 12.2. The van der Waals surface area contributed by atoms with Crippen molar-refractivity contribution >= 4 is 32.7 Å². The average molecular weight is 493 g/mol. The Morgan fingerprint density at radius 2 is 1.65 bits per heavy atom. The molecule has 0 fully saturated rings. The highest BCUT2D eigenvalue weighted by molar-refractivity contribution is 7.90. The zero-order valence-corrected chi connectivity index (χ0v) is 19.3. The van der Waals surface area contributed by atoms with Crippen LogP contribution in [0.4, 0.5) is 4.39 Å². The molecule has 0 saturated heterocycles. The molecule has 0 N–H and O–H groups in total. The lowest BCUT2D eigenvalue weighted by molar-refractivity contribution is 0.305. The van der Waals surface area contributed by atoms with Crippen LogP contribution in [-0.4, -0.2) is 17.4 Å². The van der Waals surface area contributed by atoms with Crippen LogP contribution in [0.3, 0.4) is 0 Å². The zero-order valence-electron chi connectivity index (χ0n) is 17.7. The first kappa shape index (κ1) is 22.1. The van der Waals surface area contributed by atoms with E-state index < -0.39 is 15.8 Å². The van der Waals surface area contributed by atoms with Gasteiger partial charge in [0.05, 0.1) is 9.92 Å². The van der Waals surface area contributed by atoms with Gasteiger partial charge in [0.25, 0.3) is 10.0 Å². The van der Waals surface area contributed by atoms with Gasteiger partial charge in [-0.05, 0) is 41.5 Å². The van der Waals surface area contributed by atoms with Crippen molar-refractivity contribution in [2.45, 2.75) is 11.5 Å². The number of aromatic nitrogens is 2. The van der Waals surface area contributed by atoms with E-state index in [0.717, 1.165) is 9.54 Å². The molecule has 0 unspecified atom stereocenters. The third kappa shape index (κ3) is 4.27. The van der Waals surface area contributed by atoms with Crippen molar-refractivity contribution in [2.24, 2.45) is 0 Å². The SMILES string of the molecule is O=S(=O)(c1ccccc1)n1cc(-c2cc(F)cc(OCc3ccccc3)c2)c2cc(Cl)cnc21. The monoisotopic (exact) mass is 492 g/mol. The molecular weight excluding hydrogens is 475 g/mol. The molecule has 5 aromatic rings.